The molecule has 0 saturated heterocycles. The molecule has 1 atom stereocenters. The van der Waals surface area contributed by atoms with Gasteiger partial charge in [-0.15, -0.1) is 0 Å². The van der Waals surface area contributed by atoms with E-state index in [0.717, 1.165) is 30.5 Å². The predicted molar refractivity (Wildman–Crippen MR) is 61.0 cm³/mol. The van der Waals surface area contributed by atoms with Crippen molar-refractivity contribution in [3.05, 3.63) is 17.5 Å². The number of aromatic nitrogens is 2. The van der Waals surface area contributed by atoms with Gasteiger partial charge in [-0.1, -0.05) is 27.2 Å². The molecule has 15 heavy (non-hydrogen) atoms. The summed E-state index contributed by atoms with van der Waals surface area (Å²) in [4.78, 5) is 12.1. The van der Waals surface area contributed by atoms with Crippen LogP contribution in [-0.4, -0.2) is 15.6 Å². The lowest BCUT2D eigenvalue weighted by Gasteiger charge is -2.07. The van der Waals surface area contributed by atoms with Gasteiger partial charge in [0, 0.05) is 19.2 Å². The molecule has 0 aliphatic carbocycles. The Bertz CT molecular complexity index is 341. The number of nitrogens with zero attached hydrogens (tertiary/aromatic N) is 2. The summed E-state index contributed by atoms with van der Waals surface area (Å²) in [5.41, 5.74) is 1.73. The highest BCUT2D eigenvalue weighted by Crippen LogP contribution is 2.16. The van der Waals surface area contributed by atoms with E-state index < -0.39 is 0 Å². The molecule has 0 aromatic carbocycles. The van der Waals surface area contributed by atoms with E-state index in [4.69, 9.17) is 0 Å². The van der Waals surface area contributed by atoms with Gasteiger partial charge in [0.05, 0.1) is 11.3 Å². The summed E-state index contributed by atoms with van der Waals surface area (Å²) >= 11 is 0. The van der Waals surface area contributed by atoms with Gasteiger partial charge in [0.15, 0.2) is 5.78 Å². The number of Topliss-reactive ketones (excluding diaryl/α,β-unsaturated/α-hetero) is 1. The van der Waals surface area contributed by atoms with E-state index in [1.165, 1.54) is 0 Å². The van der Waals surface area contributed by atoms with Crippen LogP contribution in [0, 0.1) is 5.92 Å². The Morgan fingerprint density at radius 2 is 2.20 bits per heavy atom. The van der Waals surface area contributed by atoms with E-state index in [2.05, 4.69) is 12.0 Å². The zero-order chi connectivity index (χ0) is 11.4. The van der Waals surface area contributed by atoms with Crippen molar-refractivity contribution in [3.63, 3.8) is 0 Å². The molecule has 1 heterocycles. The third-order valence-corrected chi connectivity index (χ3v) is 2.67. The molecule has 1 aromatic rings. The molecule has 0 N–H and O–H groups in total. The van der Waals surface area contributed by atoms with E-state index in [1.54, 1.807) is 4.68 Å². The van der Waals surface area contributed by atoms with Crippen LogP contribution in [0.5, 0.6) is 0 Å². The van der Waals surface area contributed by atoms with Gasteiger partial charge in [-0.2, -0.15) is 5.10 Å². The molecule has 1 aromatic heterocycles. The van der Waals surface area contributed by atoms with Gasteiger partial charge in [-0.3, -0.25) is 9.48 Å². The molecular formula is C12H20N2O. The minimum atomic E-state index is 0.115. The fourth-order valence-electron chi connectivity index (χ4n) is 1.83. The van der Waals surface area contributed by atoms with E-state index in [0.29, 0.717) is 0 Å². The molecule has 0 saturated carbocycles. The van der Waals surface area contributed by atoms with E-state index in [9.17, 15) is 4.79 Å². The monoisotopic (exact) mass is 208 g/mol. The average molecular weight is 208 g/mol. The van der Waals surface area contributed by atoms with Crippen molar-refractivity contribution < 1.29 is 4.79 Å². The Morgan fingerprint density at radius 3 is 2.73 bits per heavy atom. The van der Waals surface area contributed by atoms with Crippen LogP contribution in [0.15, 0.2) is 6.20 Å². The number of rotatable bonds is 5. The molecule has 1 rings (SSSR count). The number of carbonyl (C=O) groups excluding carboxylic acids is 1. The molecule has 0 amide bonds. The number of hydrogen-bond acceptors (Lipinski definition) is 2. The minimum absolute atomic E-state index is 0.115. The average Bonchev–Trinajstić information content (AvgIpc) is 2.58. The normalized spacial score (nSPS) is 12.8. The van der Waals surface area contributed by atoms with Gasteiger partial charge in [0.2, 0.25) is 0 Å². The van der Waals surface area contributed by atoms with Crippen LogP contribution < -0.4 is 0 Å². The Hall–Kier alpha value is -1.12. The summed E-state index contributed by atoms with van der Waals surface area (Å²) in [6.45, 7) is 6.13. The third kappa shape index (κ3) is 2.67. The van der Waals surface area contributed by atoms with Gasteiger partial charge in [0.1, 0.15) is 0 Å². The maximum absolute atomic E-state index is 12.1. The minimum Gasteiger partial charge on any atom is -0.294 e. The quantitative estimate of drug-likeness (QED) is 0.697. The Morgan fingerprint density at radius 1 is 1.53 bits per heavy atom. The highest BCUT2D eigenvalue weighted by molar-refractivity contribution is 5.98. The summed E-state index contributed by atoms with van der Waals surface area (Å²) in [6, 6.07) is 0. The van der Waals surface area contributed by atoms with Crippen molar-refractivity contribution in [3.8, 4) is 0 Å². The number of carbonyl (C=O) groups is 1. The molecular weight excluding hydrogens is 188 g/mol. The lowest BCUT2D eigenvalue weighted by atomic mass is 9.95. The fourth-order valence-corrected chi connectivity index (χ4v) is 1.83. The highest BCUT2D eigenvalue weighted by Gasteiger charge is 2.19. The first-order chi connectivity index (χ1) is 7.10. The SMILES string of the molecule is CCCC(C)C(=O)c1cn(C)nc1CC. The van der Waals surface area contributed by atoms with Crippen molar-refractivity contribution in [2.24, 2.45) is 13.0 Å². The van der Waals surface area contributed by atoms with Crippen molar-refractivity contribution in [2.75, 3.05) is 0 Å². The maximum atomic E-state index is 12.1. The molecule has 1 unspecified atom stereocenters. The number of hydrogen-bond donors (Lipinski definition) is 0. The first-order valence-electron chi connectivity index (χ1n) is 5.66. The Kier molecular flexibility index (Phi) is 4.06. The van der Waals surface area contributed by atoms with Gasteiger partial charge in [-0.05, 0) is 12.8 Å². The maximum Gasteiger partial charge on any atom is 0.169 e. The highest BCUT2D eigenvalue weighted by atomic mass is 16.1. The van der Waals surface area contributed by atoms with Crippen LogP contribution in [0.4, 0.5) is 0 Å². The number of ketones is 1. The van der Waals surface area contributed by atoms with Gasteiger partial charge in [-0.25, -0.2) is 0 Å². The zero-order valence-electron chi connectivity index (χ0n) is 10.1. The summed E-state index contributed by atoms with van der Waals surface area (Å²) in [6.07, 6.45) is 4.67. The van der Waals surface area contributed by atoms with Crippen molar-refractivity contribution in [1.29, 1.82) is 0 Å². The standard InChI is InChI=1S/C12H20N2O/c1-5-7-9(3)12(15)10-8-14(4)13-11(10)6-2/h8-9H,5-7H2,1-4H3. The van der Waals surface area contributed by atoms with Crippen LogP contribution >= 0.6 is 0 Å². The lowest BCUT2D eigenvalue weighted by Crippen LogP contribution is -2.12. The first kappa shape index (κ1) is 12.0. The van der Waals surface area contributed by atoms with Crippen molar-refractivity contribution >= 4 is 5.78 Å². The van der Waals surface area contributed by atoms with Gasteiger partial charge in [0.25, 0.3) is 0 Å². The second-order valence-electron chi connectivity index (χ2n) is 4.07. The molecule has 0 aliphatic rings. The molecule has 0 radical (unpaired) electrons. The van der Waals surface area contributed by atoms with Crippen molar-refractivity contribution in [1.82, 2.24) is 9.78 Å². The van der Waals surface area contributed by atoms with Crippen LogP contribution in [0.25, 0.3) is 0 Å². The van der Waals surface area contributed by atoms with Crippen molar-refractivity contribution in [2.45, 2.75) is 40.0 Å². The van der Waals surface area contributed by atoms with Crippen LogP contribution in [0.2, 0.25) is 0 Å². The topological polar surface area (TPSA) is 34.9 Å². The molecule has 3 nitrogen and oxygen atoms in total. The van der Waals surface area contributed by atoms with Crippen LogP contribution in [0.1, 0.15) is 49.7 Å². The Balaban J connectivity index is 2.89. The van der Waals surface area contributed by atoms with E-state index >= 15 is 0 Å². The molecule has 84 valence electrons. The molecule has 0 aliphatic heterocycles. The van der Waals surface area contributed by atoms with Gasteiger partial charge < -0.3 is 0 Å². The van der Waals surface area contributed by atoms with Crippen LogP contribution in [-0.2, 0) is 13.5 Å². The summed E-state index contributed by atoms with van der Waals surface area (Å²) < 4.78 is 1.73. The third-order valence-electron chi connectivity index (χ3n) is 2.67. The molecule has 0 spiro atoms. The lowest BCUT2D eigenvalue weighted by molar-refractivity contribution is 0.0922. The fraction of sp³-hybridized carbons (Fsp3) is 0.667. The van der Waals surface area contributed by atoms with Crippen LogP contribution in [0.3, 0.4) is 0 Å². The predicted octanol–water partition coefficient (Wildman–Crippen LogP) is 2.60. The molecule has 0 bridgehead atoms. The van der Waals surface area contributed by atoms with E-state index in [1.807, 2.05) is 27.1 Å². The van der Waals surface area contributed by atoms with Gasteiger partial charge >= 0.3 is 0 Å². The summed E-state index contributed by atoms with van der Waals surface area (Å²) in [5.74, 6) is 0.353. The molecule has 3 heteroatoms. The summed E-state index contributed by atoms with van der Waals surface area (Å²) in [5, 5.41) is 4.29. The Labute approximate surface area is 91.5 Å². The second kappa shape index (κ2) is 5.10. The zero-order valence-corrected chi connectivity index (χ0v) is 10.1. The van der Waals surface area contributed by atoms with E-state index in [-0.39, 0.29) is 11.7 Å². The summed E-state index contributed by atoms with van der Waals surface area (Å²) in [7, 11) is 1.86. The molecule has 0 fully saturated rings. The first-order valence-corrected chi connectivity index (χ1v) is 5.66. The second-order valence-corrected chi connectivity index (χ2v) is 4.07. The largest absolute Gasteiger partial charge is 0.294 e. The smallest absolute Gasteiger partial charge is 0.169 e. The number of aryl methyl sites for hydroxylation is 2.